The average Bonchev–Trinajstić information content (AvgIpc) is 3.06. The number of fused-ring (bicyclic) bond motifs is 1. The molecule has 1 saturated carbocycles. The van der Waals surface area contributed by atoms with Crippen LogP contribution in [-0.4, -0.2) is 38.0 Å². The molecule has 6 heteroatoms. The quantitative estimate of drug-likeness (QED) is 0.940. The van der Waals surface area contributed by atoms with Crippen LogP contribution in [0.3, 0.4) is 0 Å². The Labute approximate surface area is 134 Å². The SMILES string of the molecule is Cn1cc2c([C@@H]3C[C@H]3CN(C(=O)O)C(C)(C)C)c(F)ccc2n1. The predicted octanol–water partition coefficient (Wildman–Crippen LogP) is 3.59. The second-order valence-electron chi connectivity index (χ2n) is 7.36. The fourth-order valence-corrected chi connectivity index (χ4v) is 3.26. The summed E-state index contributed by atoms with van der Waals surface area (Å²) in [5, 5.41) is 14.6. The Morgan fingerprint density at radius 3 is 2.78 bits per heavy atom. The van der Waals surface area contributed by atoms with Gasteiger partial charge in [0.1, 0.15) is 5.82 Å². The highest BCUT2D eigenvalue weighted by molar-refractivity contribution is 5.83. The summed E-state index contributed by atoms with van der Waals surface area (Å²) in [6, 6.07) is 3.14. The predicted molar refractivity (Wildman–Crippen MR) is 86.0 cm³/mol. The van der Waals surface area contributed by atoms with E-state index in [1.807, 2.05) is 34.0 Å². The van der Waals surface area contributed by atoms with Crippen LogP contribution in [0.15, 0.2) is 18.3 Å². The molecule has 5 nitrogen and oxygen atoms in total. The molecule has 0 spiro atoms. The fourth-order valence-electron chi connectivity index (χ4n) is 3.26. The Bertz CT molecular complexity index is 763. The number of amides is 1. The average molecular weight is 319 g/mol. The maximum absolute atomic E-state index is 14.4. The van der Waals surface area contributed by atoms with Gasteiger partial charge in [-0.25, -0.2) is 9.18 Å². The first-order valence-electron chi connectivity index (χ1n) is 7.81. The van der Waals surface area contributed by atoms with E-state index < -0.39 is 11.6 Å². The zero-order valence-electron chi connectivity index (χ0n) is 13.9. The number of hydrogen-bond acceptors (Lipinski definition) is 2. The number of carbonyl (C=O) groups is 1. The van der Waals surface area contributed by atoms with Crippen molar-refractivity contribution in [1.82, 2.24) is 14.7 Å². The number of carboxylic acid groups (broad SMARTS) is 1. The van der Waals surface area contributed by atoms with Crippen molar-refractivity contribution < 1.29 is 14.3 Å². The first-order chi connectivity index (χ1) is 10.7. The van der Waals surface area contributed by atoms with Crippen molar-refractivity contribution in [3.05, 3.63) is 29.7 Å². The van der Waals surface area contributed by atoms with E-state index in [4.69, 9.17) is 0 Å². The van der Waals surface area contributed by atoms with Gasteiger partial charge in [-0.05, 0) is 51.2 Å². The van der Waals surface area contributed by atoms with Crippen LogP contribution in [0.1, 0.15) is 38.7 Å². The number of nitrogens with zero attached hydrogens (tertiary/aromatic N) is 3. The molecule has 124 valence electrons. The number of halogens is 1. The molecule has 1 aromatic heterocycles. The Morgan fingerprint density at radius 2 is 2.17 bits per heavy atom. The topological polar surface area (TPSA) is 58.4 Å². The third kappa shape index (κ3) is 2.90. The number of benzene rings is 1. The molecule has 1 amide bonds. The summed E-state index contributed by atoms with van der Waals surface area (Å²) in [6.07, 6.45) is 1.72. The van der Waals surface area contributed by atoms with E-state index in [1.54, 1.807) is 10.7 Å². The van der Waals surface area contributed by atoms with Gasteiger partial charge in [0.2, 0.25) is 0 Å². The van der Waals surface area contributed by atoms with E-state index in [2.05, 4.69) is 5.10 Å². The van der Waals surface area contributed by atoms with Gasteiger partial charge >= 0.3 is 6.09 Å². The highest BCUT2D eigenvalue weighted by Gasteiger charge is 2.44. The molecule has 1 heterocycles. The van der Waals surface area contributed by atoms with Crippen LogP contribution in [0, 0.1) is 11.7 Å². The van der Waals surface area contributed by atoms with Crippen LogP contribution in [0.4, 0.5) is 9.18 Å². The van der Waals surface area contributed by atoms with Gasteiger partial charge in [0, 0.05) is 36.3 Å². The van der Waals surface area contributed by atoms with Crippen LogP contribution in [0.2, 0.25) is 0 Å². The smallest absolute Gasteiger partial charge is 0.407 e. The molecular formula is C17H22FN3O2. The van der Waals surface area contributed by atoms with Gasteiger partial charge in [0.15, 0.2) is 0 Å². The highest BCUT2D eigenvalue weighted by Crippen LogP contribution is 2.51. The minimum Gasteiger partial charge on any atom is -0.465 e. The van der Waals surface area contributed by atoms with E-state index >= 15 is 0 Å². The zero-order chi connectivity index (χ0) is 16.9. The molecule has 1 N–H and O–H groups in total. The van der Waals surface area contributed by atoms with Crippen molar-refractivity contribution in [1.29, 1.82) is 0 Å². The summed E-state index contributed by atoms with van der Waals surface area (Å²) < 4.78 is 16.0. The maximum atomic E-state index is 14.4. The van der Waals surface area contributed by atoms with Crippen LogP contribution in [0.25, 0.3) is 10.9 Å². The van der Waals surface area contributed by atoms with Gasteiger partial charge in [0.05, 0.1) is 5.52 Å². The van der Waals surface area contributed by atoms with E-state index in [9.17, 15) is 14.3 Å². The second-order valence-corrected chi connectivity index (χ2v) is 7.36. The van der Waals surface area contributed by atoms with E-state index in [1.165, 1.54) is 11.0 Å². The summed E-state index contributed by atoms with van der Waals surface area (Å²) in [4.78, 5) is 12.9. The minimum atomic E-state index is -0.928. The molecular weight excluding hydrogens is 297 g/mol. The van der Waals surface area contributed by atoms with Crippen LogP contribution < -0.4 is 0 Å². The Hall–Kier alpha value is -2.11. The van der Waals surface area contributed by atoms with Crippen molar-refractivity contribution in [3.8, 4) is 0 Å². The lowest BCUT2D eigenvalue weighted by Gasteiger charge is -2.33. The summed E-state index contributed by atoms with van der Waals surface area (Å²) in [7, 11) is 1.82. The Kier molecular flexibility index (Phi) is 3.58. The molecule has 0 aliphatic heterocycles. The molecule has 0 bridgehead atoms. The van der Waals surface area contributed by atoms with Crippen molar-refractivity contribution in [2.45, 2.75) is 38.6 Å². The summed E-state index contributed by atoms with van der Waals surface area (Å²) in [6.45, 7) is 6.06. The van der Waals surface area contributed by atoms with Crippen molar-refractivity contribution in [2.24, 2.45) is 13.0 Å². The van der Waals surface area contributed by atoms with Gasteiger partial charge in [-0.3, -0.25) is 4.68 Å². The molecule has 2 aromatic rings. The molecule has 23 heavy (non-hydrogen) atoms. The maximum Gasteiger partial charge on any atom is 0.407 e. The van der Waals surface area contributed by atoms with Crippen molar-refractivity contribution >= 4 is 17.0 Å². The fraction of sp³-hybridized carbons (Fsp3) is 0.529. The molecule has 0 saturated heterocycles. The molecule has 1 aliphatic rings. The Morgan fingerprint density at radius 1 is 1.48 bits per heavy atom. The molecule has 1 fully saturated rings. The molecule has 1 aromatic carbocycles. The molecule has 3 rings (SSSR count). The van der Waals surface area contributed by atoms with Crippen LogP contribution in [0.5, 0.6) is 0 Å². The minimum absolute atomic E-state index is 0.0621. The van der Waals surface area contributed by atoms with Crippen molar-refractivity contribution in [2.75, 3.05) is 6.54 Å². The van der Waals surface area contributed by atoms with E-state index in [0.717, 1.165) is 17.3 Å². The van der Waals surface area contributed by atoms with Gasteiger partial charge in [0.25, 0.3) is 0 Å². The van der Waals surface area contributed by atoms with Gasteiger partial charge < -0.3 is 10.0 Å². The van der Waals surface area contributed by atoms with E-state index in [0.29, 0.717) is 12.1 Å². The lowest BCUT2D eigenvalue weighted by molar-refractivity contribution is 0.0967. The largest absolute Gasteiger partial charge is 0.465 e. The third-order valence-corrected chi connectivity index (χ3v) is 4.54. The van der Waals surface area contributed by atoms with Gasteiger partial charge in [-0.1, -0.05) is 0 Å². The first kappa shape index (κ1) is 15.8. The lowest BCUT2D eigenvalue weighted by Crippen LogP contribution is -2.46. The van der Waals surface area contributed by atoms with Gasteiger partial charge in [-0.15, -0.1) is 0 Å². The van der Waals surface area contributed by atoms with E-state index in [-0.39, 0.29) is 17.7 Å². The van der Waals surface area contributed by atoms with Gasteiger partial charge in [-0.2, -0.15) is 5.10 Å². The normalized spacial score (nSPS) is 20.7. The summed E-state index contributed by atoms with van der Waals surface area (Å²) in [5.41, 5.74) is 0.998. The molecule has 0 unspecified atom stereocenters. The Balaban J connectivity index is 1.86. The number of aryl methyl sites for hydroxylation is 1. The molecule has 1 aliphatic carbocycles. The number of rotatable bonds is 3. The van der Waals surface area contributed by atoms with Crippen molar-refractivity contribution in [3.63, 3.8) is 0 Å². The highest BCUT2D eigenvalue weighted by atomic mass is 19.1. The van der Waals surface area contributed by atoms with Crippen LogP contribution >= 0.6 is 0 Å². The molecule has 2 atom stereocenters. The summed E-state index contributed by atoms with van der Waals surface area (Å²) in [5.74, 6) is -0.00614. The number of hydrogen-bond donors (Lipinski definition) is 1. The summed E-state index contributed by atoms with van der Waals surface area (Å²) >= 11 is 0. The zero-order valence-corrected chi connectivity index (χ0v) is 13.9. The number of aromatic nitrogens is 2. The molecule has 0 radical (unpaired) electrons. The monoisotopic (exact) mass is 319 g/mol. The lowest BCUT2D eigenvalue weighted by atomic mass is 10.0. The third-order valence-electron chi connectivity index (χ3n) is 4.54. The first-order valence-corrected chi connectivity index (χ1v) is 7.81. The standard InChI is InChI=1S/C17H22FN3O2/c1-17(2,3)21(16(22)23)8-10-7-11(10)15-12-9-20(4)19-14(12)6-5-13(15)18/h5-6,9-11H,7-8H2,1-4H3,(H,22,23)/t10-,11+/m0/s1. The second kappa shape index (κ2) is 5.22. The van der Waals surface area contributed by atoms with Crippen LogP contribution in [-0.2, 0) is 7.05 Å².